The number of carboxylic acid groups (broad SMARTS) is 1. The summed E-state index contributed by atoms with van der Waals surface area (Å²) >= 11 is 1.15. The zero-order valence-corrected chi connectivity index (χ0v) is 11.6. The zero-order valence-electron chi connectivity index (χ0n) is 10.8. The van der Waals surface area contributed by atoms with Gasteiger partial charge in [-0.15, -0.1) is 11.3 Å². The maximum Gasteiger partial charge on any atom is 0.355 e. The third kappa shape index (κ3) is 4.53. The molecule has 110 valence electrons. The molecule has 1 aromatic carbocycles. The lowest BCUT2D eigenvalue weighted by molar-refractivity contribution is 0.0691. The topological polar surface area (TPSA) is 91.3 Å². The molecule has 0 saturated heterocycles. The predicted octanol–water partition coefficient (Wildman–Crippen LogP) is 1.98. The fourth-order valence-electron chi connectivity index (χ4n) is 1.54. The number of hydrogen-bond donors (Lipinski definition) is 3. The van der Waals surface area contributed by atoms with Crippen LogP contribution < -0.4 is 10.6 Å². The van der Waals surface area contributed by atoms with Crippen LogP contribution in [0.1, 0.15) is 21.1 Å². The van der Waals surface area contributed by atoms with E-state index in [0.29, 0.717) is 10.6 Å². The molecule has 0 fully saturated rings. The van der Waals surface area contributed by atoms with Crippen LogP contribution in [0.2, 0.25) is 0 Å². The minimum Gasteiger partial charge on any atom is -0.476 e. The van der Waals surface area contributed by atoms with Crippen molar-refractivity contribution >= 4 is 23.3 Å². The number of carboxylic acids is 1. The van der Waals surface area contributed by atoms with Gasteiger partial charge >= 0.3 is 12.0 Å². The normalized spacial score (nSPS) is 10.1. The molecule has 6 nitrogen and oxygen atoms in total. The molecule has 0 spiro atoms. The van der Waals surface area contributed by atoms with Gasteiger partial charge in [-0.1, -0.05) is 12.1 Å². The molecule has 0 atom stereocenters. The van der Waals surface area contributed by atoms with Crippen molar-refractivity contribution in [2.24, 2.45) is 0 Å². The summed E-state index contributed by atoms with van der Waals surface area (Å²) in [5, 5.41) is 15.7. The molecule has 0 bridgehead atoms. The average molecular weight is 309 g/mol. The largest absolute Gasteiger partial charge is 0.476 e. The van der Waals surface area contributed by atoms with E-state index in [0.717, 1.165) is 11.3 Å². The summed E-state index contributed by atoms with van der Waals surface area (Å²) in [6.07, 6.45) is 0. The van der Waals surface area contributed by atoms with Crippen molar-refractivity contribution in [3.8, 4) is 0 Å². The Morgan fingerprint density at radius 1 is 1.29 bits per heavy atom. The Labute approximate surface area is 123 Å². The van der Waals surface area contributed by atoms with E-state index >= 15 is 0 Å². The zero-order chi connectivity index (χ0) is 15.2. The number of urea groups is 1. The van der Waals surface area contributed by atoms with Gasteiger partial charge in [-0.2, -0.15) is 0 Å². The van der Waals surface area contributed by atoms with Crippen molar-refractivity contribution in [2.45, 2.75) is 13.1 Å². The Balaban J connectivity index is 1.78. The number of thiazole rings is 1. The summed E-state index contributed by atoms with van der Waals surface area (Å²) in [4.78, 5) is 26.1. The predicted molar refractivity (Wildman–Crippen MR) is 74.5 cm³/mol. The highest BCUT2D eigenvalue weighted by atomic mass is 32.1. The SMILES string of the molecule is O=C(NCc1cccc(F)c1)NCc1nc(C(=O)O)cs1. The van der Waals surface area contributed by atoms with Crippen LogP contribution in [0.15, 0.2) is 29.6 Å². The van der Waals surface area contributed by atoms with E-state index in [-0.39, 0.29) is 24.6 Å². The van der Waals surface area contributed by atoms with Gasteiger partial charge in [0.1, 0.15) is 10.8 Å². The van der Waals surface area contributed by atoms with Crippen LogP contribution in [0.3, 0.4) is 0 Å². The second-order valence-electron chi connectivity index (χ2n) is 4.10. The van der Waals surface area contributed by atoms with E-state index in [4.69, 9.17) is 5.11 Å². The van der Waals surface area contributed by atoms with Crippen LogP contribution in [0.25, 0.3) is 0 Å². The number of nitrogens with one attached hydrogen (secondary N) is 2. The Morgan fingerprint density at radius 3 is 2.71 bits per heavy atom. The summed E-state index contributed by atoms with van der Waals surface area (Å²) in [5.41, 5.74) is 0.601. The highest BCUT2D eigenvalue weighted by Crippen LogP contribution is 2.09. The van der Waals surface area contributed by atoms with Crippen molar-refractivity contribution in [2.75, 3.05) is 0 Å². The summed E-state index contributed by atoms with van der Waals surface area (Å²) in [6, 6.07) is 5.48. The van der Waals surface area contributed by atoms with Crippen LogP contribution in [-0.4, -0.2) is 22.1 Å². The molecule has 3 N–H and O–H groups in total. The van der Waals surface area contributed by atoms with Crippen molar-refractivity contribution < 1.29 is 19.1 Å². The van der Waals surface area contributed by atoms with Gasteiger partial charge < -0.3 is 15.7 Å². The molecule has 2 amide bonds. The maximum atomic E-state index is 12.9. The van der Waals surface area contributed by atoms with Crippen molar-refractivity contribution in [3.63, 3.8) is 0 Å². The van der Waals surface area contributed by atoms with E-state index in [1.807, 2.05) is 0 Å². The highest BCUT2D eigenvalue weighted by molar-refractivity contribution is 7.09. The van der Waals surface area contributed by atoms with Gasteiger partial charge in [0.15, 0.2) is 5.69 Å². The molecular formula is C13H12FN3O3S. The molecule has 8 heteroatoms. The number of benzene rings is 1. The molecule has 2 rings (SSSR count). The Bertz CT molecular complexity index is 660. The van der Waals surface area contributed by atoms with E-state index in [2.05, 4.69) is 15.6 Å². The van der Waals surface area contributed by atoms with Crippen LogP contribution in [0, 0.1) is 5.82 Å². The second kappa shape index (κ2) is 6.80. The fourth-order valence-corrected chi connectivity index (χ4v) is 2.25. The Morgan fingerprint density at radius 2 is 2.05 bits per heavy atom. The minimum atomic E-state index is -1.10. The lowest BCUT2D eigenvalue weighted by Crippen LogP contribution is -2.34. The number of aromatic nitrogens is 1. The lowest BCUT2D eigenvalue weighted by atomic mass is 10.2. The first kappa shape index (κ1) is 14.9. The molecule has 1 aromatic heterocycles. The number of aromatic carboxylic acids is 1. The third-order valence-electron chi connectivity index (χ3n) is 2.51. The van der Waals surface area contributed by atoms with Gasteiger partial charge in [0, 0.05) is 11.9 Å². The number of amides is 2. The first-order valence-electron chi connectivity index (χ1n) is 5.98. The van der Waals surface area contributed by atoms with Gasteiger partial charge in [-0.25, -0.2) is 19.0 Å². The standard InChI is InChI=1S/C13H12FN3O3S/c14-9-3-1-2-8(4-9)5-15-13(20)16-6-11-17-10(7-21-11)12(18)19/h1-4,7H,5-6H2,(H,18,19)(H2,15,16,20). The third-order valence-corrected chi connectivity index (χ3v) is 3.36. The molecular weight excluding hydrogens is 297 g/mol. The number of nitrogens with zero attached hydrogens (tertiary/aromatic N) is 1. The number of rotatable bonds is 5. The molecule has 0 aliphatic carbocycles. The summed E-state index contributed by atoms with van der Waals surface area (Å²) in [5.74, 6) is -1.47. The monoisotopic (exact) mass is 309 g/mol. The fraction of sp³-hybridized carbons (Fsp3) is 0.154. The van der Waals surface area contributed by atoms with Crippen LogP contribution in [-0.2, 0) is 13.1 Å². The summed E-state index contributed by atoms with van der Waals surface area (Å²) in [6.45, 7) is 0.328. The Kier molecular flexibility index (Phi) is 4.83. The lowest BCUT2D eigenvalue weighted by Gasteiger charge is -2.06. The Hall–Kier alpha value is -2.48. The molecule has 21 heavy (non-hydrogen) atoms. The molecule has 0 radical (unpaired) electrons. The van der Waals surface area contributed by atoms with E-state index in [9.17, 15) is 14.0 Å². The van der Waals surface area contributed by atoms with Crippen LogP contribution in [0.5, 0.6) is 0 Å². The number of carbonyl (C=O) groups is 2. The highest BCUT2D eigenvalue weighted by Gasteiger charge is 2.09. The van der Waals surface area contributed by atoms with E-state index < -0.39 is 12.0 Å². The van der Waals surface area contributed by atoms with Gasteiger partial charge in [-0.05, 0) is 17.7 Å². The van der Waals surface area contributed by atoms with E-state index in [1.165, 1.54) is 17.5 Å². The van der Waals surface area contributed by atoms with Crippen LogP contribution >= 0.6 is 11.3 Å². The minimum absolute atomic E-state index is 0.0445. The molecule has 0 aliphatic heterocycles. The van der Waals surface area contributed by atoms with Crippen LogP contribution in [0.4, 0.5) is 9.18 Å². The molecule has 2 aromatic rings. The molecule has 0 unspecified atom stereocenters. The number of hydrogen-bond acceptors (Lipinski definition) is 4. The van der Waals surface area contributed by atoms with Crippen molar-refractivity contribution in [3.05, 3.63) is 51.7 Å². The molecule has 0 saturated carbocycles. The average Bonchev–Trinajstić information content (AvgIpc) is 2.92. The maximum absolute atomic E-state index is 12.9. The van der Waals surface area contributed by atoms with Crippen molar-refractivity contribution in [1.29, 1.82) is 0 Å². The van der Waals surface area contributed by atoms with Gasteiger partial charge in [0.05, 0.1) is 6.54 Å². The van der Waals surface area contributed by atoms with Crippen molar-refractivity contribution in [1.82, 2.24) is 15.6 Å². The first-order valence-corrected chi connectivity index (χ1v) is 6.86. The van der Waals surface area contributed by atoms with Gasteiger partial charge in [0.2, 0.25) is 0 Å². The smallest absolute Gasteiger partial charge is 0.355 e. The summed E-state index contributed by atoms with van der Waals surface area (Å²) in [7, 11) is 0. The van der Waals surface area contributed by atoms with Gasteiger partial charge in [-0.3, -0.25) is 0 Å². The molecule has 0 aliphatic rings. The van der Waals surface area contributed by atoms with E-state index in [1.54, 1.807) is 12.1 Å². The second-order valence-corrected chi connectivity index (χ2v) is 5.04. The summed E-state index contributed by atoms with van der Waals surface area (Å²) < 4.78 is 12.9. The quantitative estimate of drug-likeness (QED) is 0.787. The first-order chi connectivity index (χ1) is 10.0. The number of halogens is 1. The number of carbonyl (C=O) groups excluding carboxylic acids is 1. The van der Waals surface area contributed by atoms with Gasteiger partial charge in [0.25, 0.3) is 0 Å². The molecule has 1 heterocycles.